The third-order valence-corrected chi connectivity index (χ3v) is 18.4. The Morgan fingerprint density at radius 3 is 1.41 bits per heavy atom. The van der Waals surface area contributed by atoms with Gasteiger partial charge in [-0.1, -0.05) is 74.2 Å². The van der Waals surface area contributed by atoms with E-state index < -0.39 is 24.3 Å². The molecule has 4 aromatic carbocycles. The number of imidazole rings is 2. The molecule has 10 aliphatic rings. The van der Waals surface area contributed by atoms with Gasteiger partial charge in [-0.15, -0.1) is 0 Å². The molecule has 76 heavy (non-hydrogen) atoms. The van der Waals surface area contributed by atoms with Crippen LogP contribution in [-0.4, -0.2) is 119 Å². The Morgan fingerprint density at radius 1 is 0.566 bits per heavy atom. The summed E-state index contributed by atoms with van der Waals surface area (Å²) >= 11 is 0. The van der Waals surface area contributed by atoms with Crippen LogP contribution in [0.5, 0.6) is 0 Å². The van der Waals surface area contributed by atoms with Crippen molar-refractivity contribution in [3.05, 3.63) is 107 Å². The zero-order valence-electron chi connectivity index (χ0n) is 43.5. The molecular formula is C60H68N8O8. The van der Waals surface area contributed by atoms with Gasteiger partial charge in [0.15, 0.2) is 0 Å². The van der Waals surface area contributed by atoms with Crippen LogP contribution in [-0.2, 0) is 54.2 Å². The van der Waals surface area contributed by atoms with Crippen molar-refractivity contribution in [2.45, 2.75) is 126 Å². The van der Waals surface area contributed by atoms with E-state index in [2.05, 4.69) is 93.4 Å². The Labute approximate surface area is 442 Å². The molecule has 2 saturated carbocycles. The van der Waals surface area contributed by atoms with Crippen LogP contribution in [0.25, 0.3) is 44.3 Å². The number of H-pyrrole nitrogens is 2. The number of aromatic amines is 2. The first-order chi connectivity index (χ1) is 37.2. The SMILES string of the molecule is COC(=O)NC(C(=O)N1[C@H](c2nc3cc(-c4cc5ccc4CCc4ccc(c(-c6ccc7[nH]c([C@@H]8C[C@@H]9CCCC[C@@H]9N8C(=O)C(NC(=O)OC)C8COC8)nc7c6)c4)CC5)ccc3[nH]2)C[C@@H]2CCCC[C@@H]21)C1COC1. The average Bonchev–Trinajstić information content (AvgIpc) is 4.27. The monoisotopic (exact) mass is 1030 g/mol. The Balaban J connectivity index is 0.757. The number of aromatic nitrogens is 4. The van der Waals surface area contributed by atoms with Gasteiger partial charge in [0.05, 0.1) is 74.8 Å². The highest BCUT2D eigenvalue weighted by atomic mass is 16.5. The maximum absolute atomic E-state index is 14.6. The summed E-state index contributed by atoms with van der Waals surface area (Å²) in [5, 5.41) is 5.72. The molecule has 4 amide bonds. The highest BCUT2D eigenvalue weighted by Crippen LogP contribution is 2.49. The number of hydrogen-bond acceptors (Lipinski definition) is 10. The van der Waals surface area contributed by atoms with Gasteiger partial charge in [-0.05, 0) is 145 Å². The maximum atomic E-state index is 14.6. The van der Waals surface area contributed by atoms with E-state index in [1.54, 1.807) is 0 Å². The molecule has 2 unspecified atom stereocenters. The molecule has 16 rings (SSSR count). The topological polar surface area (TPSA) is 193 Å². The van der Waals surface area contributed by atoms with Crippen molar-refractivity contribution in [2.75, 3.05) is 40.6 Å². The summed E-state index contributed by atoms with van der Waals surface area (Å²) < 4.78 is 20.9. The normalized spacial score (nSPS) is 25.2. The van der Waals surface area contributed by atoms with E-state index in [9.17, 15) is 19.2 Å². The quantitative estimate of drug-likeness (QED) is 0.103. The second-order valence-corrected chi connectivity index (χ2v) is 22.7. The van der Waals surface area contributed by atoms with E-state index >= 15 is 0 Å². The minimum Gasteiger partial charge on any atom is -0.453 e. The zero-order valence-corrected chi connectivity index (χ0v) is 43.5. The van der Waals surface area contributed by atoms with Crippen LogP contribution in [0.1, 0.15) is 110 Å². The summed E-state index contributed by atoms with van der Waals surface area (Å²) in [6, 6.07) is 25.3. The lowest BCUT2D eigenvalue weighted by Crippen LogP contribution is -2.58. The number of hydrogen-bond donors (Lipinski definition) is 4. The number of alkyl carbamates (subject to hydrolysis) is 2. The molecule has 6 heterocycles. The molecule has 4 saturated heterocycles. The Hall–Kier alpha value is -6.78. The van der Waals surface area contributed by atoms with Gasteiger partial charge in [0.2, 0.25) is 11.8 Å². The molecular weight excluding hydrogens is 961 g/mol. The zero-order chi connectivity index (χ0) is 51.6. The summed E-state index contributed by atoms with van der Waals surface area (Å²) in [7, 11) is 2.66. The van der Waals surface area contributed by atoms with E-state index in [1.807, 2.05) is 9.80 Å². The van der Waals surface area contributed by atoms with Crippen LogP contribution in [0.2, 0.25) is 0 Å². The lowest BCUT2D eigenvalue weighted by atomic mass is 9.84. The largest absolute Gasteiger partial charge is 0.453 e. The minimum atomic E-state index is -0.720. The fourth-order valence-electron chi connectivity index (χ4n) is 14.2. The molecule has 6 fully saturated rings. The van der Waals surface area contributed by atoms with Crippen molar-refractivity contribution < 1.29 is 38.1 Å². The Kier molecular flexibility index (Phi) is 13.0. The Bertz CT molecular complexity index is 3000. The van der Waals surface area contributed by atoms with Gasteiger partial charge in [0.25, 0.3) is 0 Å². The van der Waals surface area contributed by atoms with Gasteiger partial charge in [-0.3, -0.25) is 9.59 Å². The molecule has 396 valence electrons. The number of carbonyl (C=O) groups excluding carboxylic acids is 4. The number of carbonyl (C=O) groups is 4. The molecule has 6 aromatic rings. The lowest BCUT2D eigenvalue weighted by Gasteiger charge is -2.39. The summed E-state index contributed by atoms with van der Waals surface area (Å²) in [6.07, 6.45) is 12.4. The van der Waals surface area contributed by atoms with Crippen molar-refractivity contribution in [3.63, 3.8) is 0 Å². The predicted molar refractivity (Wildman–Crippen MR) is 285 cm³/mol. The van der Waals surface area contributed by atoms with Crippen LogP contribution in [0.15, 0.2) is 72.8 Å². The molecule has 16 heteroatoms. The molecule has 4 N–H and O–H groups in total. The van der Waals surface area contributed by atoms with Gasteiger partial charge in [-0.25, -0.2) is 19.6 Å². The molecule has 6 aliphatic carbocycles. The minimum absolute atomic E-state index is 0.0791. The van der Waals surface area contributed by atoms with Crippen molar-refractivity contribution >= 4 is 46.1 Å². The first-order valence-electron chi connectivity index (χ1n) is 27.9. The summed E-state index contributed by atoms with van der Waals surface area (Å²) in [5.41, 5.74) is 13.4. The smallest absolute Gasteiger partial charge is 0.407 e. The van der Waals surface area contributed by atoms with E-state index in [1.165, 1.54) is 47.6 Å². The van der Waals surface area contributed by atoms with Gasteiger partial charge in [-0.2, -0.15) is 0 Å². The summed E-state index contributed by atoms with van der Waals surface area (Å²) in [5.74, 6) is 1.98. The highest BCUT2D eigenvalue weighted by Gasteiger charge is 2.52. The van der Waals surface area contributed by atoms with Crippen LogP contribution in [0.4, 0.5) is 9.59 Å². The number of likely N-dealkylation sites (tertiary alicyclic amines) is 2. The van der Waals surface area contributed by atoms with E-state index in [-0.39, 0.29) is 47.8 Å². The molecule has 2 aromatic heterocycles. The lowest BCUT2D eigenvalue weighted by molar-refractivity contribution is -0.145. The Morgan fingerprint density at radius 2 is 1.00 bits per heavy atom. The molecule has 0 spiro atoms. The number of methoxy groups -OCH3 is 2. The first-order valence-corrected chi connectivity index (χ1v) is 27.9. The average molecular weight is 1030 g/mol. The fourth-order valence-corrected chi connectivity index (χ4v) is 14.2. The van der Waals surface area contributed by atoms with Crippen LogP contribution in [0.3, 0.4) is 0 Å². The van der Waals surface area contributed by atoms with Crippen molar-refractivity contribution in [1.82, 2.24) is 40.4 Å². The number of nitrogens with zero attached hydrogens (tertiary/aromatic N) is 4. The number of ether oxygens (including phenoxy) is 4. The number of nitrogens with one attached hydrogen (secondary N) is 4. The molecule has 0 radical (unpaired) electrons. The van der Waals surface area contributed by atoms with Gasteiger partial charge in [0, 0.05) is 23.9 Å². The molecule has 4 bridgehead atoms. The number of benzene rings is 4. The third-order valence-electron chi connectivity index (χ3n) is 18.4. The van der Waals surface area contributed by atoms with Crippen LogP contribution < -0.4 is 10.6 Å². The van der Waals surface area contributed by atoms with Crippen LogP contribution >= 0.6 is 0 Å². The van der Waals surface area contributed by atoms with Crippen molar-refractivity contribution in [3.8, 4) is 22.3 Å². The van der Waals surface area contributed by atoms with E-state index in [0.29, 0.717) is 38.3 Å². The predicted octanol–water partition coefficient (Wildman–Crippen LogP) is 9.06. The van der Waals surface area contributed by atoms with E-state index in [4.69, 9.17) is 28.9 Å². The third kappa shape index (κ3) is 8.98. The number of fused-ring (bicyclic) bond motifs is 4. The molecule has 8 atom stereocenters. The van der Waals surface area contributed by atoms with Crippen molar-refractivity contribution in [1.29, 1.82) is 0 Å². The van der Waals surface area contributed by atoms with Gasteiger partial charge in [0.1, 0.15) is 23.7 Å². The number of rotatable bonds is 10. The summed E-state index contributed by atoms with van der Waals surface area (Å²) in [4.78, 5) is 76.2. The molecule has 16 nitrogen and oxygen atoms in total. The summed E-state index contributed by atoms with van der Waals surface area (Å²) in [6.45, 7) is 1.70. The van der Waals surface area contributed by atoms with Gasteiger partial charge < -0.3 is 49.3 Å². The van der Waals surface area contributed by atoms with Gasteiger partial charge >= 0.3 is 12.2 Å². The highest BCUT2D eigenvalue weighted by molar-refractivity contribution is 5.89. The standard InChI is InChI=1S/C60H68N8O8/c1-73-59(71)65-53(41-29-75-30-41)57(69)67-49-9-5-3-7-39(49)27-51(67)55-61-45-21-19-37(25-47(45)63-55)43-23-33-11-15-35(43)17-13-34-12-16-36(18-14-33)44(24-34)38-20-22-46-48(26-38)64-56(62-46)52-28-40-8-4-6-10-50(40)68(52)58(70)54(42-31-76-32-42)66-60(72)74-2/h11-12,15-16,19-26,39-42,49-54H,3-10,13-14,17-18,27-32H2,1-2H3,(H,61,63)(H,62,64)(H,65,71)(H,66,72)/t39-,40-,49-,50-,51-,52-,53?,54?/m0/s1. The van der Waals surface area contributed by atoms with E-state index in [0.717, 1.165) is 135 Å². The van der Waals surface area contributed by atoms with Crippen molar-refractivity contribution in [2.24, 2.45) is 23.7 Å². The number of amides is 4. The number of aryl methyl sites for hydroxylation is 4. The second kappa shape index (κ2) is 20.3. The van der Waals surface area contributed by atoms with Crippen LogP contribution in [0, 0.1) is 23.7 Å². The molecule has 4 aliphatic heterocycles. The fraction of sp³-hybridized carbons (Fsp3) is 0.500. The first kappa shape index (κ1) is 48.8. The second-order valence-electron chi connectivity index (χ2n) is 22.7. The maximum Gasteiger partial charge on any atom is 0.407 e.